The highest BCUT2D eigenvalue weighted by Crippen LogP contribution is 2.35. The first kappa shape index (κ1) is 17.1. The molecule has 1 aromatic rings. The lowest BCUT2D eigenvalue weighted by Gasteiger charge is -2.15. The van der Waals surface area contributed by atoms with Gasteiger partial charge in [0.25, 0.3) is 0 Å². The van der Waals surface area contributed by atoms with Gasteiger partial charge >= 0.3 is 0 Å². The van der Waals surface area contributed by atoms with Crippen LogP contribution in [0.3, 0.4) is 0 Å². The molecule has 3 amide bonds. The highest BCUT2D eigenvalue weighted by atomic mass is 19.1. The number of ether oxygens (including phenoxy) is 1. The number of nitrogens with zero attached hydrogens (tertiary/aromatic N) is 1. The maximum atomic E-state index is 13.2. The molecule has 1 heterocycles. The third-order valence-electron chi connectivity index (χ3n) is 4.60. The normalized spacial score (nSPS) is 22.1. The van der Waals surface area contributed by atoms with Gasteiger partial charge in [-0.2, -0.15) is 0 Å². The van der Waals surface area contributed by atoms with Gasteiger partial charge in [0, 0.05) is 19.0 Å². The van der Waals surface area contributed by atoms with E-state index < -0.39 is 5.82 Å². The molecule has 0 spiro atoms. The van der Waals surface area contributed by atoms with E-state index in [9.17, 15) is 18.8 Å². The van der Waals surface area contributed by atoms with Gasteiger partial charge in [0.2, 0.25) is 17.7 Å². The van der Waals surface area contributed by atoms with Crippen LogP contribution in [-0.4, -0.2) is 36.3 Å². The van der Waals surface area contributed by atoms with E-state index in [2.05, 4.69) is 5.32 Å². The molecule has 6 nitrogen and oxygen atoms in total. The lowest BCUT2D eigenvalue weighted by molar-refractivity contribution is -0.140. The maximum Gasteiger partial charge on any atom is 0.233 e. The summed E-state index contributed by atoms with van der Waals surface area (Å²) < 4.78 is 18.2. The number of hydrogen-bond donors (Lipinski definition) is 1. The molecule has 1 N–H and O–H groups in total. The van der Waals surface area contributed by atoms with Crippen LogP contribution in [0.15, 0.2) is 30.4 Å². The van der Waals surface area contributed by atoms with Gasteiger partial charge in [0.15, 0.2) is 0 Å². The van der Waals surface area contributed by atoms with Crippen LogP contribution in [0.5, 0.6) is 5.75 Å². The summed E-state index contributed by atoms with van der Waals surface area (Å²) in [5.41, 5.74) is 0.339. The predicted octanol–water partition coefficient (Wildman–Crippen LogP) is 2.11. The maximum absolute atomic E-state index is 13.2. The average molecular weight is 346 g/mol. The Morgan fingerprint density at radius 1 is 1.24 bits per heavy atom. The molecule has 1 saturated heterocycles. The van der Waals surface area contributed by atoms with Crippen LogP contribution < -0.4 is 10.1 Å². The van der Waals surface area contributed by atoms with Crippen molar-refractivity contribution in [1.82, 2.24) is 4.90 Å². The fourth-order valence-electron chi connectivity index (χ4n) is 3.28. The van der Waals surface area contributed by atoms with E-state index in [1.165, 1.54) is 30.2 Å². The van der Waals surface area contributed by atoms with Gasteiger partial charge in [0.1, 0.15) is 11.6 Å². The van der Waals surface area contributed by atoms with Crippen molar-refractivity contribution in [2.24, 2.45) is 11.8 Å². The summed E-state index contributed by atoms with van der Waals surface area (Å²) >= 11 is 0. The van der Waals surface area contributed by atoms with E-state index in [0.29, 0.717) is 18.5 Å². The summed E-state index contributed by atoms with van der Waals surface area (Å²) in [5.74, 6) is -1.63. The number of anilines is 1. The number of rotatable bonds is 5. The number of carbonyl (C=O) groups excluding carboxylic acids is 3. The van der Waals surface area contributed by atoms with E-state index in [1.807, 2.05) is 12.2 Å². The second-order valence-corrected chi connectivity index (χ2v) is 6.13. The monoisotopic (exact) mass is 346 g/mol. The van der Waals surface area contributed by atoms with E-state index >= 15 is 0 Å². The second kappa shape index (κ2) is 7.04. The molecular weight excluding hydrogens is 327 g/mol. The number of benzene rings is 1. The summed E-state index contributed by atoms with van der Waals surface area (Å²) in [7, 11) is 1.38. The predicted molar refractivity (Wildman–Crippen MR) is 88.3 cm³/mol. The molecule has 0 radical (unpaired) electrons. The van der Waals surface area contributed by atoms with Crippen molar-refractivity contribution in [3.05, 3.63) is 36.2 Å². The first-order chi connectivity index (χ1) is 12.0. The number of hydrogen-bond acceptors (Lipinski definition) is 4. The number of methoxy groups -OCH3 is 1. The zero-order valence-electron chi connectivity index (χ0n) is 13.8. The molecule has 2 atom stereocenters. The minimum Gasteiger partial charge on any atom is -0.494 e. The van der Waals surface area contributed by atoms with E-state index in [4.69, 9.17) is 4.74 Å². The number of amides is 3. The Hall–Kier alpha value is -2.70. The number of carbonyl (C=O) groups is 3. The fourth-order valence-corrected chi connectivity index (χ4v) is 3.28. The Morgan fingerprint density at radius 3 is 2.48 bits per heavy atom. The fraction of sp³-hybridized carbons (Fsp3) is 0.389. The zero-order chi connectivity index (χ0) is 18.0. The Morgan fingerprint density at radius 2 is 1.88 bits per heavy atom. The zero-order valence-corrected chi connectivity index (χ0v) is 13.8. The molecule has 3 rings (SSSR count). The van der Waals surface area contributed by atoms with Gasteiger partial charge in [-0.05, 0) is 25.0 Å². The second-order valence-electron chi connectivity index (χ2n) is 6.13. The number of allylic oxidation sites excluding steroid dienone is 2. The standard InChI is InChI=1S/C18H19FN2O4/c1-25-15-10-11(19)6-7-14(15)20-16(22)8-9-21-17(23)12-4-2-3-5-13(12)18(21)24/h2-3,6-7,10,12-13H,4-5,8-9H2,1H3,(H,20,22)/t12-,13-/m1/s1. The van der Waals surface area contributed by atoms with Gasteiger partial charge in [-0.15, -0.1) is 0 Å². The molecule has 1 aliphatic heterocycles. The summed E-state index contributed by atoms with van der Waals surface area (Å²) in [6.07, 6.45) is 4.97. The highest BCUT2D eigenvalue weighted by Gasteiger charge is 2.46. The van der Waals surface area contributed by atoms with Crippen LogP contribution >= 0.6 is 0 Å². The largest absolute Gasteiger partial charge is 0.494 e. The molecule has 0 bridgehead atoms. The molecule has 0 saturated carbocycles. The van der Waals surface area contributed by atoms with Crippen molar-refractivity contribution in [2.75, 3.05) is 19.0 Å². The van der Waals surface area contributed by atoms with Crippen molar-refractivity contribution < 1.29 is 23.5 Å². The van der Waals surface area contributed by atoms with Gasteiger partial charge < -0.3 is 10.1 Å². The van der Waals surface area contributed by atoms with Crippen LogP contribution in [0, 0.1) is 17.7 Å². The Balaban J connectivity index is 1.60. The van der Waals surface area contributed by atoms with Gasteiger partial charge in [-0.1, -0.05) is 12.2 Å². The Labute approximate surface area is 144 Å². The Kier molecular flexibility index (Phi) is 4.83. The number of fused-ring (bicyclic) bond motifs is 1. The average Bonchev–Trinajstić information content (AvgIpc) is 2.86. The summed E-state index contributed by atoms with van der Waals surface area (Å²) in [6.45, 7) is 0.0417. The number of nitrogens with one attached hydrogen (secondary N) is 1. The van der Waals surface area contributed by atoms with Gasteiger partial charge in [0.05, 0.1) is 24.6 Å². The SMILES string of the molecule is COc1cc(F)ccc1NC(=O)CCN1C(=O)[C@@H]2CC=CC[C@H]2C1=O. The number of halogens is 1. The minimum atomic E-state index is -0.473. The lowest BCUT2D eigenvalue weighted by Crippen LogP contribution is -2.34. The highest BCUT2D eigenvalue weighted by molar-refractivity contribution is 6.05. The van der Waals surface area contributed by atoms with Gasteiger partial charge in [-0.25, -0.2) is 4.39 Å². The smallest absolute Gasteiger partial charge is 0.233 e. The van der Waals surface area contributed by atoms with Crippen LogP contribution in [-0.2, 0) is 14.4 Å². The van der Waals surface area contributed by atoms with Gasteiger partial charge in [-0.3, -0.25) is 19.3 Å². The molecule has 1 aliphatic carbocycles. The van der Waals surface area contributed by atoms with E-state index in [0.717, 1.165) is 0 Å². The molecule has 132 valence electrons. The van der Waals surface area contributed by atoms with Crippen LogP contribution in [0.2, 0.25) is 0 Å². The van der Waals surface area contributed by atoms with Crippen molar-refractivity contribution in [1.29, 1.82) is 0 Å². The molecule has 7 heteroatoms. The third-order valence-corrected chi connectivity index (χ3v) is 4.60. The minimum absolute atomic E-state index is 0.0229. The number of likely N-dealkylation sites (tertiary alicyclic amines) is 1. The van der Waals surface area contributed by atoms with Crippen molar-refractivity contribution >= 4 is 23.4 Å². The topological polar surface area (TPSA) is 75.7 Å². The van der Waals surface area contributed by atoms with Crippen LogP contribution in [0.4, 0.5) is 10.1 Å². The molecule has 1 aromatic carbocycles. The molecule has 2 aliphatic rings. The third kappa shape index (κ3) is 3.40. The first-order valence-electron chi connectivity index (χ1n) is 8.15. The van der Waals surface area contributed by atoms with E-state index in [-0.39, 0.29) is 48.3 Å². The molecule has 0 unspecified atom stereocenters. The molecular formula is C18H19FN2O4. The van der Waals surface area contributed by atoms with Crippen molar-refractivity contribution in [3.8, 4) is 5.75 Å². The number of imide groups is 1. The Bertz CT molecular complexity index is 721. The van der Waals surface area contributed by atoms with Crippen LogP contribution in [0.25, 0.3) is 0 Å². The molecule has 1 fully saturated rings. The summed E-state index contributed by atoms with van der Waals surface area (Å²) in [5, 5.41) is 2.61. The first-order valence-corrected chi connectivity index (χ1v) is 8.15. The van der Waals surface area contributed by atoms with Crippen LogP contribution in [0.1, 0.15) is 19.3 Å². The molecule has 0 aromatic heterocycles. The summed E-state index contributed by atoms with van der Waals surface area (Å²) in [4.78, 5) is 38.0. The quantitative estimate of drug-likeness (QED) is 0.654. The lowest BCUT2D eigenvalue weighted by atomic mass is 9.85. The molecule has 25 heavy (non-hydrogen) atoms. The van der Waals surface area contributed by atoms with E-state index in [1.54, 1.807) is 0 Å². The van der Waals surface area contributed by atoms with Crippen molar-refractivity contribution in [2.45, 2.75) is 19.3 Å². The summed E-state index contributed by atoms with van der Waals surface area (Å²) in [6, 6.07) is 3.78. The van der Waals surface area contributed by atoms with Crippen molar-refractivity contribution in [3.63, 3.8) is 0 Å².